The molecule has 0 bridgehead atoms. The van der Waals surface area contributed by atoms with E-state index in [1.807, 2.05) is 0 Å². The number of hydrogen-bond acceptors (Lipinski definition) is 3. The van der Waals surface area contributed by atoms with Crippen molar-refractivity contribution in [2.45, 2.75) is 51.1 Å². The fourth-order valence-corrected chi connectivity index (χ4v) is 4.17. The molecule has 3 heteroatoms. The third kappa shape index (κ3) is 2.45. The van der Waals surface area contributed by atoms with Crippen LogP contribution in [0.15, 0.2) is 0 Å². The van der Waals surface area contributed by atoms with Gasteiger partial charge < -0.3 is 10.6 Å². The van der Waals surface area contributed by atoms with Gasteiger partial charge in [-0.1, -0.05) is 20.3 Å². The lowest BCUT2D eigenvalue weighted by Gasteiger charge is -2.38. The zero-order valence-electron chi connectivity index (χ0n) is 12.7. The molecule has 1 aliphatic heterocycles. The molecule has 106 valence electrons. The first-order valence-corrected chi connectivity index (χ1v) is 7.64. The highest BCUT2D eigenvalue weighted by atomic mass is 15.3. The van der Waals surface area contributed by atoms with E-state index in [4.69, 9.17) is 5.73 Å². The van der Waals surface area contributed by atoms with Gasteiger partial charge in [-0.15, -0.1) is 0 Å². The van der Waals surface area contributed by atoms with Crippen molar-refractivity contribution in [1.29, 1.82) is 0 Å². The van der Waals surface area contributed by atoms with E-state index < -0.39 is 0 Å². The fourth-order valence-electron chi connectivity index (χ4n) is 4.17. The van der Waals surface area contributed by atoms with Crippen molar-refractivity contribution >= 4 is 0 Å². The van der Waals surface area contributed by atoms with Crippen LogP contribution < -0.4 is 5.73 Å². The summed E-state index contributed by atoms with van der Waals surface area (Å²) >= 11 is 0. The maximum atomic E-state index is 6.18. The molecule has 0 spiro atoms. The van der Waals surface area contributed by atoms with Crippen LogP contribution in [0.2, 0.25) is 0 Å². The predicted octanol–water partition coefficient (Wildman–Crippen LogP) is 1.78. The summed E-state index contributed by atoms with van der Waals surface area (Å²) in [6.45, 7) is 8.00. The van der Waals surface area contributed by atoms with Crippen LogP contribution in [-0.4, -0.2) is 55.1 Å². The Morgan fingerprint density at radius 1 is 1.33 bits per heavy atom. The van der Waals surface area contributed by atoms with Gasteiger partial charge in [-0.05, 0) is 45.2 Å². The standard InChI is InChI=1S/C15H31N3/c1-5-13-6-7-15(8-13,11-16)18-9-12(2)14(10-18)17(3)4/h12-14H,5-11,16H2,1-4H3. The smallest absolute Gasteiger partial charge is 0.0335 e. The third-order valence-corrected chi connectivity index (χ3v) is 5.55. The van der Waals surface area contributed by atoms with Crippen molar-refractivity contribution in [2.24, 2.45) is 17.6 Å². The summed E-state index contributed by atoms with van der Waals surface area (Å²) in [6.07, 6.45) is 5.34. The SMILES string of the molecule is CCC1CCC(CN)(N2CC(C)C(N(C)C)C2)C1. The average Bonchev–Trinajstić information content (AvgIpc) is 2.93. The Labute approximate surface area is 113 Å². The van der Waals surface area contributed by atoms with E-state index in [0.717, 1.165) is 18.4 Å². The van der Waals surface area contributed by atoms with E-state index in [2.05, 4.69) is 37.7 Å². The summed E-state index contributed by atoms with van der Waals surface area (Å²) in [4.78, 5) is 5.11. The molecule has 18 heavy (non-hydrogen) atoms. The van der Waals surface area contributed by atoms with Crippen molar-refractivity contribution < 1.29 is 0 Å². The maximum absolute atomic E-state index is 6.18. The van der Waals surface area contributed by atoms with Crippen LogP contribution in [-0.2, 0) is 0 Å². The van der Waals surface area contributed by atoms with E-state index in [1.165, 1.54) is 38.8 Å². The molecule has 2 N–H and O–H groups in total. The molecule has 2 aliphatic rings. The lowest BCUT2D eigenvalue weighted by molar-refractivity contribution is 0.114. The highest BCUT2D eigenvalue weighted by Crippen LogP contribution is 2.42. The first kappa shape index (κ1) is 14.3. The topological polar surface area (TPSA) is 32.5 Å². The van der Waals surface area contributed by atoms with E-state index in [1.54, 1.807) is 0 Å². The van der Waals surface area contributed by atoms with E-state index in [9.17, 15) is 0 Å². The molecule has 0 amide bonds. The van der Waals surface area contributed by atoms with Gasteiger partial charge in [-0.25, -0.2) is 0 Å². The quantitative estimate of drug-likeness (QED) is 0.829. The number of rotatable bonds is 4. The van der Waals surface area contributed by atoms with Gasteiger partial charge in [-0.3, -0.25) is 4.90 Å². The van der Waals surface area contributed by atoms with Crippen molar-refractivity contribution in [3.8, 4) is 0 Å². The minimum atomic E-state index is 0.319. The number of likely N-dealkylation sites (tertiary alicyclic amines) is 1. The zero-order valence-corrected chi connectivity index (χ0v) is 12.7. The van der Waals surface area contributed by atoms with Gasteiger partial charge in [0.05, 0.1) is 0 Å². The molecule has 4 unspecified atom stereocenters. The summed E-state index contributed by atoms with van der Waals surface area (Å²) in [5.41, 5.74) is 6.50. The first-order valence-electron chi connectivity index (χ1n) is 7.64. The Kier molecular flexibility index (Phi) is 4.35. The number of likely N-dealkylation sites (N-methyl/N-ethyl adjacent to an activating group) is 1. The molecule has 0 radical (unpaired) electrons. The second-order valence-corrected chi connectivity index (χ2v) is 6.86. The summed E-state index contributed by atoms with van der Waals surface area (Å²) < 4.78 is 0. The highest BCUT2D eigenvalue weighted by molar-refractivity contribution is 5.03. The molecule has 2 rings (SSSR count). The summed E-state index contributed by atoms with van der Waals surface area (Å²) in [6, 6.07) is 0.703. The first-order chi connectivity index (χ1) is 8.52. The molecular weight excluding hydrogens is 222 g/mol. The van der Waals surface area contributed by atoms with Gasteiger partial charge in [0.25, 0.3) is 0 Å². The highest BCUT2D eigenvalue weighted by Gasteiger charge is 2.46. The van der Waals surface area contributed by atoms with Crippen LogP contribution >= 0.6 is 0 Å². The molecule has 3 nitrogen and oxygen atoms in total. The Morgan fingerprint density at radius 2 is 2.06 bits per heavy atom. The molecule has 1 aliphatic carbocycles. The van der Waals surface area contributed by atoms with Crippen LogP contribution in [0.25, 0.3) is 0 Å². The summed E-state index contributed by atoms with van der Waals surface area (Å²) in [5.74, 6) is 1.67. The van der Waals surface area contributed by atoms with Crippen LogP contribution in [0.4, 0.5) is 0 Å². The van der Waals surface area contributed by atoms with Crippen molar-refractivity contribution in [1.82, 2.24) is 9.80 Å². The van der Waals surface area contributed by atoms with Gasteiger partial charge >= 0.3 is 0 Å². The van der Waals surface area contributed by atoms with Gasteiger partial charge in [0.1, 0.15) is 0 Å². The van der Waals surface area contributed by atoms with Crippen LogP contribution in [0, 0.1) is 11.8 Å². The third-order valence-electron chi connectivity index (χ3n) is 5.55. The maximum Gasteiger partial charge on any atom is 0.0335 e. The Balaban J connectivity index is 2.06. The minimum absolute atomic E-state index is 0.319. The lowest BCUT2D eigenvalue weighted by atomic mass is 9.93. The average molecular weight is 253 g/mol. The van der Waals surface area contributed by atoms with E-state index in [-0.39, 0.29) is 0 Å². The van der Waals surface area contributed by atoms with Gasteiger partial charge in [-0.2, -0.15) is 0 Å². The molecular formula is C15H31N3. The molecule has 1 saturated carbocycles. The van der Waals surface area contributed by atoms with Crippen molar-refractivity contribution in [3.63, 3.8) is 0 Å². The molecule has 2 fully saturated rings. The number of hydrogen-bond donors (Lipinski definition) is 1. The van der Waals surface area contributed by atoms with Crippen LogP contribution in [0.1, 0.15) is 39.5 Å². The molecule has 0 aromatic carbocycles. The van der Waals surface area contributed by atoms with E-state index in [0.29, 0.717) is 11.6 Å². The molecule has 0 aromatic rings. The lowest BCUT2D eigenvalue weighted by Crippen LogP contribution is -2.52. The molecule has 1 saturated heterocycles. The summed E-state index contributed by atoms with van der Waals surface area (Å²) in [7, 11) is 4.42. The largest absolute Gasteiger partial charge is 0.329 e. The molecule has 0 aromatic heterocycles. The van der Waals surface area contributed by atoms with Crippen molar-refractivity contribution in [2.75, 3.05) is 33.7 Å². The Bertz CT molecular complexity index is 279. The molecule has 4 atom stereocenters. The van der Waals surface area contributed by atoms with E-state index >= 15 is 0 Å². The van der Waals surface area contributed by atoms with Gasteiger partial charge in [0.2, 0.25) is 0 Å². The normalized spacial score (nSPS) is 42.0. The number of nitrogens with zero attached hydrogens (tertiary/aromatic N) is 2. The summed E-state index contributed by atoms with van der Waals surface area (Å²) in [5, 5.41) is 0. The second-order valence-electron chi connectivity index (χ2n) is 6.86. The number of nitrogens with two attached hydrogens (primary N) is 1. The Hall–Kier alpha value is -0.120. The predicted molar refractivity (Wildman–Crippen MR) is 77.6 cm³/mol. The van der Waals surface area contributed by atoms with Gasteiger partial charge in [0, 0.05) is 31.2 Å². The second kappa shape index (κ2) is 5.48. The van der Waals surface area contributed by atoms with Gasteiger partial charge in [0.15, 0.2) is 0 Å². The van der Waals surface area contributed by atoms with Crippen LogP contribution in [0.5, 0.6) is 0 Å². The van der Waals surface area contributed by atoms with Crippen molar-refractivity contribution in [3.05, 3.63) is 0 Å². The fraction of sp³-hybridized carbons (Fsp3) is 1.00. The minimum Gasteiger partial charge on any atom is -0.329 e. The Morgan fingerprint density at radius 3 is 2.50 bits per heavy atom. The monoisotopic (exact) mass is 253 g/mol. The molecule has 1 heterocycles. The zero-order chi connectivity index (χ0) is 13.3. The van der Waals surface area contributed by atoms with Crippen LogP contribution in [0.3, 0.4) is 0 Å².